The first-order valence-electron chi connectivity index (χ1n) is 10.1. The van der Waals surface area contributed by atoms with Gasteiger partial charge in [-0.25, -0.2) is 0 Å². The molecule has 0 aliphatic carbocycles. The fourth-order valence-corrected chi connectivity index (χ4v) is 3.63. The molecule has 0 saturated heterocycles. The Balaban J connectivity index is 1.66. The minimum atomic E-state index is 0.207. The first kappa shape index (κ1) is 19.7. The second kappa shape index (κ2) is 9.75. The van der Waals surface area contributed by atoms with Crippen LogP contribution >= 0.6 is 0 Å². The standard InChI is InChI=1S/C27H25NO2/c1-29-26-13-12-24(19-27(26)30-20-22-8-4-2-5-9-22)25(23-10-6-3-7-11-23)18-21-14-16-28-17-15-21/h2-17,19,25H,18,20H2,1H3. The molecule has 3 heteroatoms. The summed E-state index contributed by atoms with van der Waals surface area (Å²) in [6.07, 6.45) is 4.58. The summed E-state index contributed by atoms with van der Waals surface area (Å²) < 4.78 is 11.7. The third-order valence-electron chi connectivity index (χ3n) is 5.22. The molecule has 0 fully saturated rings. The lowest BCUT2D eigenvalue weighted by Crippen LogP contribution is -2.06. The van der Waals surface area contributed by atoms with E-state index in [1.54, 1.807) is 7.11 Å². The highest BCUT2D eigenvalue weighted by molar-refractivity contribution is 5.47. The van der Waals surface area contributed by atoms with Crippen LogP contribution in [0.2, 0.25) is 0 Å². The molecule has 0 aliphatic heterocycles. The molecule has 0 bridgehead atoms. The first-order chi connectivity index (χ1) is 14.8. The summed E-state index contributed by atoms with van der Waals surface area (Å²) in [5, 5.41) is 0. The van der Waals surface area contributed by atoms with Gasteiger partial charge in [-0.15, -0.1) is 0 Å². The van der Waals surface area contributed by atoms with E-state index in [0.29, 0.717) is 6.61 Å². The van der Waals surface area contributed by atoms with Crippen molar-refractivity contribution in [1.29, 1.82) is 0 Å². The van der Waals surface area contributed by atoms with Gasteiger partial charge in [-0.05, 0) is 52.9 Å². The number of rotatable bonds is 8. The number of aromatic nitrogens is 1. The lowest BCUT2D eigenvalue weighted by molar-refractivity contribution is 0.284. The van der Waals surface area contributed by atoms with Crippen molar-refractivity contribution in [2.24, 2.45) is 0 Å². The summed E-state index contributed by atoms with van der Waals surface area (Å²) in [5.41, 5.74) is 4.85. The van der Waals surface area contributed by atoms with Gasteiger partial charge in [0.1, 0.15) is 6.61 Å². The van der Waals surface area contributed by atoms with Gasteiger partial charge in [0.15, 0.2) is 11.5 Å². The molecular formula is C27H25NO2. The average Bonchev–Trinajstić information content (AvgIpc) is 2.83. The quantitative estimate of drug-likeness (QED) is 0.364. The van der Waals surface area contributed by atoms with Gasteiger partial charge in [0.25, 0.3) is 0 Å². The van der Waals surface area contributed by atoms with Crippen LogP contribution in [0.1, 0.15) is 28.2 Å². The van der Waals surface area contributed by atoms with Gasteiger partial charge in [0, 0.05) is 18.3 Å². The van der Waals surface area contributed by atoms with Crippen molar-refractivity contribution in [3.63, 3.8) is 0 Å². The minimum Gasteiger partial charge on any atom is -0.493 e. The average molecular weight is 396 g/mol. The van der Waals surface area contributed by atoms with E-state index in [1.165, 1.54) is 16.7 Å². The van der Waals surface area contributed by atoms with Crippen molar-refractivity contribution in [1.82, 2.24) is 4.98 Å². The van der Waals surface area contributed by atoms with Crippen LogP contribution in [-0.2, 0) is 13.0 Å². The largest absolute Gasteiger partial charge is 0.493 e. The molecule has 4 rings (SSSR count). The van der Waals surface area contributed by atoms with Gasteiger partial charge in [0.2, 0.25) is 0 Å². The summed E-state index contributed by atoms with van der Waals surface area (Å²) in [4.78, 5) is 4.15. The summed E-state index contributed by atoms with van der Waals surface area (Å²) in [6, 6.07) is 31.2. The minimum absolute atomic E-state index is 0.207. The molecule has 1 unspecified atom stereocenters. The molecule has 0 amide bonds. The number of benzene rings is 3. The Morgan fingerprint density at radius 1 is 0.700 bits per heavy atom. The van der Waals surface area contributed by atoms with Crippen LogP contribution in [0.15, 0.2) is 103 Å². The summed E-state index contributed by atoms with van der Waals surface area (Å²) in [7, 11) is 1.68. The molecule has 30 heavy (non-hydrogen) atoms. The number of methoxy groups -OCH3 is 1. The monoisotopic (exact) mass is 395 g/mol. The van der Waals surface area contributed by atoms with Gasteiger partial charge in [-0.2, -0.15) is 0 Å². The summed E-state index contributed by atoms with van der Waals surface area (Å²) in [5.74, 6) is 1.71. The smallest absolute Gasteiger partial charge is 0.161 e. The zero-order valence-corrected chi connectivity index (χ0v) is 17.1. The SMILES string of the molecule is COc1ccc(C(Cc2ccncc2)c2ccccc2)cc1OCc1ccccc1. The van der Waals surface area contributed by atoms with Crippen molar-refractivity contribution in [2.45, 2.75) is 18.9 Å². The molecule has 0 radical (unpaired) electrons. The van der Waals surface area contributed by atoms with Crippen LogP contribution in [0.25, 0.3) is 0 Å². The number of hydrogen-bond acceptors (Lipinski definition) is 3. The van der Waals surface area contributed by atoms with E-state index in [1.807, 2.05) is 36.7 Å². The molecule has 0 spiro atoms. The Hall–Kier alpha value is -3.59. The maximum Gasteiger partial charge on any atom is 0.161 e. The molecule has 1 atom stereocenters. The number of pyridine rings is 1. The van der Waals surface area contributed by atoms with Crippen LogP contribution < -0.4 is 9.47 Å². The molecule has 0 N–H and O–H groups in total. The maximum absolute atomic E-state index is 6.16. The van der Waals surface area contributed by atoms with Crippen LogP contribution in [0.3, 0.4) is 0 Å². The Morgan fingerprint density at radius 2 is 1.40 bits per heavy atom. The molecule has 150 valence electrons. The van der Waals surface area contributed by atoms with Crippen molar-refractivity contribution in [2.75, 3.05) is 7.11 Å². The topological polar surface area (TPSA) is 31.4 Å². The molecule has 1 aromatic heterocycles. The van der Waals surface area contributed by atoms with Gasteiger partial charge < -0.3 is 9.47 Å². The summed E-state index contributed by atoms with van der Waals surface area (Å²) >= 11 is 0. The van der Waals surface area contributed by atoms with E-state index in [4.69, 9.17) is 9.47 Å². The summed E-state index contributed by atoms with van der Waals surface area (Å²) in [6.45, 7) is 0.501. The van der Waals surface area contributed by atoms with Crippen LogP contribution in [0, 0.1) is 0 Å². The fourth-order valence-electron chi connectivity index (χ4n) is 3.63. The molecule has 3 aromatic carbocycles. The zero-order chi connectivity index (χ0) is 20.6. The predicted octanol–water partition coefficient (Wildman–Crippen LogP) is 6.04. The normalized spacial score (nSPS) is 11.6. The molecule has 4 aromatic rings. The first-order valence-corrected chi connectivity index (χ1v) is 10.1. The Bertz CT molecular complexity index is 1050. The Labute approximate surface area is 178 Å². The van der Waals surface area contributed by atoms with E-state index in [0.717, 1.165) is 23.5 Å². The Kier molecular flexibility index (Phi) is 6.41. The maximum atomic E-state index is 6.16. The van der Waals surface area contributed by atoms with Crippen LogP contribution in [0.4, 0.5) is 0 Å². The number of hydrogen-bond donors (Lipinski definition) is 0. The Morgan fingerprint density at radius 3 is 2.10 bits per heavy atom. The number of ether oxygens (including phenoxy) is 2. The van der Waals surface area contributed by atoms with Crippen molar-refractivity contribution in [3.05, 3.63) is 126 Å². The van der Waals surface area contributed by atoms with E-state index in [2.05, 4.69) is 71.7 Å². The van der Waals surface area contributed by atoms with Crippen molar-refractivity contribution in [3.8, 4) is 11.5 Å². The molecule has 3 nitrogen and oxygen atoms in total. The van der Waals surface area contributed by atoms with Gasteiger partial charge >= 0.3 is 0 Å². The van der Waals surface area contributed by atoms with Crippen LogP contribution in [-0.4, -0.2) is 12.1 Å². The van der Waals surface area contributed by atoms with Gasteiger partial charge in [0.05, 0.1) is 7.11 Å². The fraction of sp³-hybridized carbons (Fsp3) is 0.148. The second-order valence-corrected chi connectivity index (χ2v) is 7.21. The molecule has 0 aliphatic rings. The van der Waals surface area contributed by atoms with Crippen LogP contribution in [0.5, 0.6) is 11.5 Å². The highest BCUT2D eigenvalue weighted by Crippen LogP contribution is 2.35. The van der Waals surface area contributed by atoms with E-state index in [-0.39, 0.29) is 5.92 Å². The van der Waals surface area contributed by atoms with Gasteiger partial charge in [-0.3, -0.25) is 4.98 Å². The third kappa shape index (κ3) is 4.87. The lowest BCUT2D eigenvalue weighted by atomic mass is 9.86. The van der Waals surface area contributed by atoms with Crippen molar-refractivity contribution >= 4 is 0 Å². The highest BCUT2D eigenvalue weighted by Gasteiger charge is 2.17. The molecule has 1 heterocycles. The predicted molar refractivity (Wildman–Crippen MR) is 120 cm³/mol. The van der Waals surface area contributed by atoms with E-state index < -0.39 is 0 Å². The molecule has 0 saturated carbocycles. The van der Waals surface area contributed by atoms with E-state index >= 15 is 0 Å². The molecular weight excluding hydrogens is 370 g/mol. The number of nitrogens with zero attached hydrogens (tertiary/aromatic N) is 1. The highest BCUT2D eigenvalue weighted by atomic mass is 16.5. The lowest BCUT2D eigenvalue weighted by Gasteiger charge is -2.20. The third-order valence-corrected chi connectivity index (χ3v) is 5.22. The second-order valence-electron chi connectivity index (χ2n) is 7.21. The van der Waals surface area contributed by atoms with E-state index in [9.17, 15) is 0 Å². The van der Waals surface area contributed by atoms with Crippen molar-refractivity contribution < 1.29 is 9.47 Å². The van der Waals surface area contributed by atoms with Gasteiger partial charge in [-0.1, -0.05) is 66.7 Å². The zero-order valence-electron chi connectivity index (χ0n) is 17.1.